The molecule has 2 rings (SSSR count). The van der Waals surface area contributed by atoms with Crippen LogP contribution in [0.1, 0.15) is 17.0 Å². The molecule has 0 aliphatic rings. The summed E-state index contributed by atoms with van der Waals surface area (Å²) in [4.78, 5) is 7.44. The van der Waals surface area contributed by atoms with E-state index < -0.39 is 11.9 Å². The summed E-state index contributed by atoms with van der Waals surface area (Å²) in [6.45, 7) is 1.76. The van der Waals surface area contributed by atoms with Gasteiger partial charge in [-0.25, -0.2) is 9.97 Å². The molecule has 0 aliphatic carbocycles. The number of ether oxygens (including phenoxy) is 1. The highest BCUT2D eigenvalue weighted by molar-refractivity contribution is 5.37. The normalized spacial score (nSPS) is 11.3. The van der Waals surface area contributed by atoms with Gasteiger partial charge in [-0.05, 0) is 19.1 Å². The number of aromatic nitrogens is 2. The number of benzene rings is 1. The van der Waals surface area contributed by atoms with E-state index >= 15 is 0 Å². The Morgan fingerprint density at radius 3 is 2.57 bits per heavy atom. The molecule has 4 nitrogen and oxygen atoms in total. The number of aryl methyl sites for hydroxylation is 1. The highest BCUT2D eigenvalue weighted by Gasteiger charge is 2.33. The minimum absolute atomic E-state index is 0.0618. The van der Waals surface area contributed by atoms with Gasteiger partial charge in [0.1, 0.15) is 11.4 Å². The van der Waals surface area contributed by atoms with E-state index in [1.165, 1.54) is 14.0 Å². The van der Waals surface area contributed by atoms with Gasteiger partial charge in [-0.2, -0.15) is 13.2 Å². The van der Waals surface area contributed by atoms with E-state index in [0.717, 1.165) is 11.6 Å². The van der Waals surface area contributed by atoms with Gasteiger partial charge in [-0.15, -0.1) is 0 Å². The molecule has 0 unspecified atom stereocenters. The largest absolute Gasteiger partial charge is 0.496 e. The van der Waals surface area contributed by atoms with Crippen LogP contribution < -0.4 is 10.1 Å². The Bertz CT molecular complexity index is 629. The van der Waals surface area contributed by atoms with E-state index in [2.05, 4.69) is 15.3 Å². The molecule has 0 atom stereocenters. The van der Waals surface area contributed by atoms with Crippen molar-refractivity contribution in [1.82, 2.24) is 9.97 Å². The molecule has 1 heterocycles. The van der Waals surface area contributed by atoms with E-state index in [4.69, 9.17) is 4.74 Å². The van der Waals surface area contributed by atoms with Gasteiger partial charge in [-0.1, -0.05) is 18.2 Å². The van der Waals surface area contributed by atoms with Crippen LogP contribution in [0.3, 0.4) is 0 Å². The zero-order valence-electron chi connectivity index (χ0n) is 11.5. The molecule has 0 fully saturated rings. The third-order valence-electron chi connectivity index (χ3n) is 2.77. The molecule has 0 spiro atoms. The zero-order valence-corrected chi connectivity index (χ0v) is 11.5. The third-order valence-corrected chi connectivity index (χ3v) is 2.77. The number of hydrogen-bond acceptors (Lipinski definition) is 4. The fraction of sp³-hybridized carbons (Fsp3) is 0.286. The van der Waals surface area contributed by atoms with Gasteiger partial charge in [0.05, 0.1) is 7.11 Å². The molecular formula is C14H14F3N3O. The van der Waals surface area contributed by atoms with E-state index in [1.54, 1.807) is 6.07 Å². The molecule has 0 aliphatic heterocycles. The van der Waals surface area contributed by atoms with E-state index in [-0.39, 0.29) is 18.2 Å². The smallest absolute Gasteiger partial charge is 0.433 e. The van der Waals surface area contributed by atoms with Crippen molar-refractivity contribution in [2.45, 2.75) is 19.6 Å². The quantitative estimate of drug-likeness (QED) is 0.939. The van der Waals surface area contributed by atoms with Gasteiger partial charge in [0.2, 0.25) is 5.95 Å². The molecule has 7 heteroatoms. The van der Waals surface area contributed by atoms with Crippen molar-refractivity contribution in [1.29, 1.82) is 0 Å². The highest BCUT2D eigenvalue weighted by Crippen LogP contribution is 2.28. The summed E-state index contributed by atoms with van der Waals surface area (Å²) in [7, 11) is 1.53. The Morgan fingerprint density at radius 1 is 1.19 bits per heavy atom. The summed E-state index contributed by atoms with van der Waals surface area (Å²) < 4.78 is 43.2. The SMILES string of the molecule is COc1ccccc1CNc1nc(C)cc(C(F)(F)F)n1. The Kier molecular flexibility index (Phi) is 4.30. The maximum Gasteiger partial charge on any atom is 0.433 e. The van der Waals surface area contributed by atoms with E-state index in [1.807, 2.05) is 18.2 Å². The number of anilines is 1. The lowest BCUT2D eigenvalue weighted by Gasteiger charge is -2.12. The second-order valence-corrected chi connectivity index (χ2v) is 4.38. The van der Waals surface area contributed by atoms with Crippen LogP contribution in [0.2, 0.25) is 0 Å². The number of alkyl halides is 3. The Labute approximate surface area is 120 Å². The first-order valence-corrected chi connectivity index (χ1v) is 6.19. The second-order valence-electron chi connectivity index (χ2n) is 4.38. The molecule has 0 saturated heterocycles. The average molecular weight is 297 g/mol. The molecule has 1 aromatic carbocycles. The summed E-state index contributed by atoms with van der Waals surface area (Å²) in [5.41, 5.74) is 0.0936. The van der Waals surface area contributed by atoms with Gasteiger partial charge < -0.3 is 10.1 Å². The molecule has 0 saturated carbocycles. The van der Waals surface area contributed by atoms with Crippen LogP contribution >= 0.6 is 0 Å². The fourth-order valence-corrected chi connectivity index (χ4v) is 1.82. The maximum absolute atomic E-state index is 12.7. The topological polar surface area (TPSA) is 47.0 Å². The average Bonchev–Trinajstić information content (AvgIpc) is 2.44. The minimum atomic E-state index is -4.49. The van der Waals surface area contributed by atoms with Crippen molar-refractivity contribution < 1.29 is 17.9 Å². The van der Waals surface area contributed by atoms with Gasteiger partial charge in [0.25, 0.3) is 0 Å². The van der Waals surface area contributed by atoms with Crippen molar-refractivity contribution in [2.75, 3.05) is 12.4 Å². The lowest BCUT2D eigenvalue weighted by atomic mass is 10.2. The summed E-state index contributed by atoms with van der Waals surface area (Å²) in [6.07, 6.45) is -4.49. The number of hydrogen-bond donors (Lipinski definition) is 1. The second kappa shape index (κ2) is 5.99. The molecule has 112 valence electrons. The fourth-order valence-electron chi connectivity index (χ4n) is 1.82. The predicted octanol–water partition coefficient (Wildman–Crippen LogP) is 3.42. The van der Waals surface area contributed by atoms with Crippen molar-refractivity contribution in [2.24, 2.45) is 0 Å². The minimum Gasteiger partial charge on any atom is -0.496 e. The molecule has 1 aromatic heterocycles. The van der Waals surface area contributed by atoms with E-state index in [9.17, 15) is 13.2 Å². The molecule has 21 heavy (non-hydrogen) atoms. The molecule has 0 radical (unpaired) electrons. The van der Waals surface area contributed by atoms with Crippen LogP contribution in [-0.4, -0.2) is 17.1 Å². The summed E-state index contributed by atoms with van der Waals surface area (Å²) in [5.74, 6) is 0.585. The van der Waals surface area contributed by atoms with Gasteiger partial charge in [0, 0.05) is 17.8 Å². The van der Waals surface area contributed by atoms with Crippen LogP contribution in [0.4, 0.5) is 19.1 Å². The maximum atomic E-state index is 12.7. The lowest BCUT2D eigenvalue weighted by Crippen LogP contribution is -2.13. The molecule has 0 bridgehead atoms. The van der Waals surface area contributed by atoms with Crippen molar-refractivity contribution in [3.8, 4) is 5.75 Å². The van der Waals surface area contributed by atoms with Crippen LogP contribution in [-0.2, 0) is 12.7 Å². The molecule has 1 N–H and O–H groups in total. The number of nitrogens with one attached hydrogen (secondary N) is 1. The Hall–Kier alpha value is -2.31. The van der Waals surface area contributed by atoms with Gasteiger partial charge in [-0.3, -0.25) is 0 Å². The summed E-state index contributed by atoms with van der Waals surface area (Å²) >= 11 is 0. The number of para-hydroxylation sites is 1. The number of rotatable bonds is 4. The van der Waals surface area contributed by atoms with Gasteiger partial charge in [0.15, 0.2) is 0 Å². The number of methoxy groups -OCH3 is 1. The summed E-state index contributed by atoms with van der Waals surface area (Å²) in [6, 6.07) is 8.13. The highest BCUT2D eigenvalue weighted by atomic mass is 19.4. The lowest BCUT2D eigenvalue weighted by molar-refractivity contribution is -0.141. The molecule has 2 aromatic rings. The Morgan fingerprint density at radius 2 is 1.90 bits per heavy atom. The van der Waals surface area contributed by atoms with Crippen molar-refractivity contribution >= 4 is 5.95 Å². The first-order chi connectivity index (χ1) is 9.90. The first kappa shape index (κ1) is 15.1. The van der Waals surface area contributed by atoms with Crippen LogP contribution in [0.25, 0.3) is 0 Å². The zero-order chi connectivity index (χ0) is 15.5. The summed E-state index contributed by atoms with van der Waals surface area (Å²) in [5, 5.41) is 2.79. The standard InChI is InChI=1S/C14H14F3N3O/c1-9-7-12(14(15,16)17)20-13(19-9)18-8-10-5-3-4-6-11(10)21-2/h3-7H,8H2,1-2H3,(H,18,19,20). The predicted molar refractivity (Wildman–Crippen MR) is 72.1 cm³/mol. The number of nitrogens with zero attached hydrogens (tertiary/aromatic N) is 2. The van der Waals surface area contributed by atoms with Crippen LogP contribution in [0, 0.1) is 6.92 Å². The monoisotopic (exact) mass is 297 g/mol. The van der Waals surface area contributed by atoms with Gasteiger partial charge >= 0.3 is 6.18 Å². The van der Waals surface area contributed by atoms with Crippen LogP contribution in [0.5, 0.6) is 5.75 Å². The van der Waals surface area contributed by atoms with Crippen LogP contribution in [0.15, 0.2) is 30.3 Å². The Balaban J connectivity index is 2.19. The third kappa shape index (κ3) is 3.84. The van der Waals surface area contributed by atoms with E-state index in [0.29, 0.717) is 5.75 Å². The van der Waals surface area contributed by atoms with Crippen molar-refractivity contribution in [3.63, 3.8) is 0 Å². The first-order valence-electron chi connectivity index (χ1n) is 6.19. The number of halogens is 3. The van der Waals surface area contributed by atoms with Crippen molar-refractivity contribution in [3.05, 3.63) is 47.3 Å². The molecule has 0 amide bonds. The molecular weight excluding hydrogens is 283 g/mol.